The summed E-state index contributed by atoms with van der Waals surface area (Å²) in [6.07, 6.45) is 4.36. The minimum Gasteiger partial charge on any atom is -0.444 e. The van der Waals surface area contributed by atoms with Gasteiger partial charge in [-0.3, -0.25) is 9.89 Å². The van der Waals surface area contributed by atoms with Gasteiger partial charge in [-0.1, -0.05) is 17.8 Å². The third-order valence-corrected chi connectivity index (χ3v) is 6.13. The lowest BCUT2D eigenvalue weighted by molar-refractivity contribution is -0.117. The number of likely N-dealkylation sites (tertiary alicyclic amines) is 1. The average Bonchev–Trinajstić information content (AvgIpc) is 3.09. The lowest BCUT2D eigenvalue weighted by Crippen LogP contribution is -2.50. The molecule has 7 nitrogen and oxygen atoms in total. The van der Waals surface area contributed by atoms with Crippen LogP contribution in [0.15, 0.2) is 28.0 Å². The first-order valence-electron chi connectivity index (χ1n) is 9.96. The second-order valence-corrected chi connectivity index (χ2v) is 9.52. The summed E-state index contributed by atoms with van der Waals surface area (Å²) >= 11 is 1.45. The van der Waals surface area contributed by atoms with Crippen LogP contribution < -0.4 is 5.32 Å². The summed E-state index contributed by atoms with van der Waals surface area (Å²) in [6.45, 7) is 6.66. The molecule has 2 aliphatic heterocycles. The number of thioether (sulfide) groups is 1. The lowest BCUT2D eigenvalue weighted by Gasteiger charge is -2.36. The number of aromatic nitrogens is 2. The molecule has 1 unspecified atom stereocenters. The molecule has 2 N–H and O–H groups in total. The van der Waals surface area contributed by atoms with E-state index in [1.165, 1.54) is 11.8 Å². The second kappa shape index (κ2) is 7.74. The molecule has 1 fully saturated rings. The summed E-state index contributed by atoms with van der Waals surface area (Å²) in [5, 5.41) is 11.4. The van der Waals surface area contributed by atoms with Gasteiger partial charge in [-0.15, -0.1) is 0 Å². The third kappa shape index (κ3) is 4.27. The number of nitrogens with zero attached hydrogens (tertiary/aromatic N) is 2. The van der Waals surface area contributed by atoms with Gasteiger partial charge in [0.05, 0.1) is 22.2 Å². The molecule has 0 saturated carbocycles. The Labute approximate surface area is 174 Å². The molecule has 0 spiro atoms. The predicted octanol–water partition coefficient (Wildman–Crippen LogP) is 3.92. The zero-order valence-corrected chi connectivity index (χ0v) is 17.8. The number of hydrogen-bond acceptors (Lipinski definition) is 5. The summed E-state index contributed by atoms with van der Waals surface area (Å²) in [5.41, 5.74) is 1.22. The smallest absolute Gasteiger partial charge is 0.410 e. The van der Waals surface area contributed by atoms with Crippen LogP contribution in [0.3, 0.4) is 0 Å². The topological polar surface area (TPSA) is 87.3 Å². The molecule has 1 aromatic carbocycles. The van der Waals surface area contributed by atoms with Gasteiger partial charge in [0.2, 0.25) is 0 Å². The Morgan fingerprint density at radius 3 is 2.97 bits per heavy atom. The zero-order valence-electron chi connectivity index (χ0n) is 16.9. The first-order chi connectivity index (χ1) is 13.8. The van der Waals surface area contributed by atoms with E-state index in [0.717, 1.165) is 40.8 Å². The van der Waals surface area contributed by atoms with Crippen molar-refractivity contribution >= 4 is 40.7 Å². The molecule has 0 bridgehead atoms. The number of carbonyl (C=O) groups is 2. The van der Waals surface area contributed by atoms with Gasteiger partial charge < -0.3 is 15.0 Å². The monoisotopic (exact) mass is 414 g/mol. The highest BCUT2D eigenvalue weighted by Gasteiger charge is 2.31. The van der Waals surface area contributed by atoms with Gasteiger partial charge in [0.15, 0.2) is 0 Å². The van der Waals surface area contributed by atoms with E-state index in [4.69, 9.17) is 4.74 Å². The summed E-state index contributed by atoms with van der Waals surface area (Å²) in [6, 6.07) is 5.87. The number of H-pyrrole nitrogens is 1. The maximum Gasteiger partial charge on any atom is 0.410 e. The maximum absolute atomic E-state index is 12.8. The van der Waals surface area contributed by atoms with E-state index in [-0.39, 0.29) is 18.0 Å². The van der Waals surface area contributed by atoms with Crippen LogP contribution in [-0.2, 0) is 9.53 Å². The van der Waals surface area contributed by atoms with Gasteiger partial charge in [-0.25, -0.2) is 4.79 Å². The molecule has 1 atom stereocenters. The first-order valence-corrected chi connectivity index (χ1v) is 10.8. The van der Waals surface area contributed by atoms with Gasteiger partial charge in [0.1, 0.15) is 5.60 Å². The van der Waals surface area contributed by atoms with Crippen molar-refractivity contribution in [3.63, 3.8) is 0 Å². The van der Waals surface area contributed by atoms with Crippen molar-refractivity contribution < 1.29 is 14.3 Å². The number of aromatic amines is 1. The predicted molar refractivity (Wildman–Crippen MR) is 114 cm³/mol. The summed E-state index contributed by atoms with van der Waals surface area (Å²) in [5.74, 6) is -0.143. The Morgan fingerprint density at radius 2 is 2.17 bits per heavy atom. The molecular weight excluding hydrogens is 388 g/mol. The van der Waals surface area contributed by atoms with Crippen molar-refractivity contribution in [1.29, 1.82) is 0 Å². The van der Waals surface area contributed by atoms with Gasteiger partial charge in [-0.05, 0) is 58.2 Å². The van der Waals surface area contributed by atoms with Crippen molar-refractivity contribution in [3.8, 4) is 0 Å². The van der Waals surface area contributed by atoms with Crippen LogP contribution in [0.2, 0.25) is 0 Å². The zero-order chi connectivity index (χ0) is 20.6. The molecule has 1 saturated heterocycles. The molecule has 4 rings (SSSR count). The Morgan fingerprint density at radius 1 is 1.34 bits per heavy atom. The van der Waals surface area contributed by atoms with Gasteiger partial charge >= 0.3 is 6.09 Å². The fourth-order valence-electron chi connectivity index (χ4n) is 3.71. The number of hydrogen-bond donors (Lipinski definition) is 2. The van der Waals surface area contributed by atoms with Crippen molar-refractivity contribution in [2.75, 3.05) is 13.1 Å². The number of rotatable bonds is 3. The molecule has 1 aromatic heterocycles. The van der Waals surface area contributed by atoms with E-state index in [2.05, 4.69) is 15.5 Å². The van der Waals surface area contributed by atoms with Crippen molar-refractivity contribution in [3.05, 3.63) is 28.8 Å². The molecule has 2 aromatic rings. The van der Waals surface area contributed by atoms with E-state index < -0.39 is 5.60 Å². The highest BCUT2D eigenvalue weighted by Crippen LogP contribution is 2.39. The Bertz CT molecular complexity index is 976. The fourth-order valence-corrected chi connectivity index (χ4v) is 4.75. The first kappa shape index (κ1) is 19.8. The van der Waals surface area contributed by atoms with Crippen LogP contribution in [0.25, 0.3) is 17.0 Å². The van der Waals surface area contributed by atoms with Crippen LogP contribution in [0.4, 0.5) is 4.79 Å². The highest BCUT2D eigenvalue weighted by atomic mass is 32.2. The number of piperidine rings is 1. The molecule has 2 aliphatic rings. The minimum absolute atomic E-state index is 0.0545. The molecule has 0 aliphatic carbocycles. The fraction of sp³-hybridized carbons (Fsp3) is 0.476. The molecular formula is C21H26N4O3S. The molecule has 3 heterocycles. The molecule has 2 amide bonds. The Hall–Kier alpha value is -2.48. The number of carbonyl (C=O) groups excluding carboxylic acids is 2. The van der Waals surface area contributed by atoms with Crippen LogP contribution in [0.1, 0.15) is 45.7 Å². The normalized spacial score (nSPS) is 19.1. The van der Waals surface area contributed by atoms with Crippen LogP contribution >= 0.6 is 11.8 Å². The van der Waals surface area contributed by atoms with Crippen molar-refractivity contribution in [2.45, 2.75) is 56.6 Å². The molecule has 0 radical (unpaired) electrons. The quantitative estimate of drug-likeness (QED) is 0.795. The SMILES string of the molecule is CC(C)(C)OC(=O)N1CCCCC1CNC(=O)C1=Cc2n[nH]c3cccc(c23)S1. The maximum atomic E-state index is 12.8. The second-order valence-electron chi connectivity index (χ2n) is 8.43. The summed E-state index contributed by atoms with van der Waals surface area (Å²) < 4.78 is 5.54. The minimum atomic E-state index is -0.534. The Kier molecular flexibility index (Phi) is 5.29. The number of benzene rings is 1. The number of ether oxygens (including phenoxy) is 1. The van der Waals surface area contributed by atoms with E-state index in [1.54, 1.807) is 4.90 Å². The standard InChI is InChI=1S/C21H26N4O3S/c1-21(2,3)28-20(27)25-10-5-4-7-13(25)12-22-19(26)17-11-15-18-14(23-24-15)8-6-9-16(18)29-17/h6,8-9,11,13H,4-5,7,10,12H2,1-3H3,(H,22,26)(H,23,24). The summed E-state index contributed by atoms with van der Waals surface area (Å²) in [4.78, 5) is 28.8. The van der Waals surface area contributed by atoms with Gasteiger partial charge in [-0.2, -0.15) is 5.10 Å². The largest absolute Gasteiger partial charge is 0.444 e. The Balaban J connectivity index is 1.42. The van der Waals surface area contributed by atoms with E-state index in [1.807, 2.05) is 45.0 Å². The van der Waals surface area contributed by atoms with Crippen molar-refractivity contribution in [1.82, 2.24) is 20.4 Å². The van der Waals surface area contributed by atoms with Crippen molar-refractivity contribution in [2.24, 2.45) is 0 Å². The lowest BCUT2D eigenvalue weighted by atomic mass is 10.0. The van der Waals surface area contributed by atoms with Crippen LogP contribution in [0, 0.1) is 0 Å². The van der Waals surface area contributed by atoms with E-state index in [9.17, 15) is 9.59 Å². The summed E-state index contributed by atoms with van der Waals surface area (Å²) in [7, 11) is 0. The van der Waals surface area contributed by atoms with Gasteiger partial charge in [0.25, 0.3) is 5.91 Å². The molecule has 29 heavy (non-hydrogen) atoms. The average molecular weight is 415 g/mol. The van der Waals surface area contributed by atoms with Crippen LogP contribution in [-0.4, -0.2) is 51.8 Å². The molecule has 154 valence electrons. The van der Waals surface area contributed by atoms with E-state index in [0.29, 0.717) is 18.0 Å². The van der Waals surface area contributed by atoms with E-state index >= 15 is 0 Å². The van der Waals surface area contributed by atoms with Gasteiger partial charge in [0, 0.05) is 23.4 Å². The third-order valence-electron chi connectivity index (χ3n) is 5.04. The molecule has 8 heteroatoms. The van der Waals surface area contributed by atoms with Crippen LogP contribution in [0.5, 0.6) is 0 Å². The highest BCUT2D eigenvalue weighted by molar-refractivity contribution is 8.04. The number of amides is 2. The number of nitrogens with one attached hydrogen (secondary N) is 2.